The standard InChI is InChI=1S/C7H12N2O2/c1-2-11-7(9)3-6(4-8)5-10/h5-7H,2-3,9H2,1H3. The van der Waals surface area contributed by atoms with Crippen LogP contribution in [0.25, 0.3) is 0 Å². The second-order valence-corrected chi connectivity index (χ2v) is 2.10. The van der Waals surface area contributed by atoms with Crippen molar-refractivity contribution in [1.29, 1.82) is 5.26 Å². The Hall–Kier alpha value is -0.920. The van der Waals surface area contributed by atoms with Gasteiger partial charge in [-0.05, 0) is 6.92 Å². The van der Waals surface area contributed by atoms with E-state index in [0.717, 1.165) is 0 Å². The zero-order valence-corrected chi connectivity index (χ0v) is 6.49. The highest BCUT2D eigenvalue weighted by Crippen LogP contribution is 2.01. The summed E-state index contributed by atoms with van der Waals surface area (Å²) >= 11 is 0. The van der Waals surface area contributed by atoms with Crippen LogP contribution in [0.5, 0.6) is 0 Å². The molecule has 0 saturated carbocycles. The Labute approximate surface area is 65.9 Å². The maximum absolute atomic E-state index is 10.1. The summed E-state index contributed by atoms with van der Waals surface area (Å²) in [6, 6.07) is 1.81. The molecule has 0 spiro atoms. The molecule has 0 fully saturated rings. The fourth-order valence-electron chi connectivity index (χ4n) is 0.671. The number of carbonyl (C=O) groups is 1. The van der Waals surface area contributed by atoms with Gasteiger partial charge in [0, 0.05) is 13.0 Å². The summed E-state index contributed by atoms with van der Waals surface area (Å²) in [6.45, 7) is 2.31. The molecule has 0 aromatic carbocycles. The molecule has 62 valence electrons. The van der Waals surface area contributed by atoms with Gasteiger partial charge in [-0.25, -0.2) is 0 Å². The van der Waals surface area contributed by atoms with E-state index in [0.29, 0.717) is 12.9 Å². The molecule has 11 heavy (non-hydrogen) atoms. The monoisotopic (exact) mass is 156 g/mol. The summed E-state index contributed by atoms with van der Waals surface area (Å²) in [4.78, 5) is 10.1. The van der Waals surface area contributed by atoms with Gasteiger partial charge in [-0.1, -0.05) is 0 Å². The Bertz CT molecular complexity index is 153. The first-order valence-electron chi connectivity index (χ1n) is 3.46. The average Bonchev–Trinajstić information content (AvgIpc) is 2.01. The first-order chi connectivity index (χ1) is 5.24. The van der Waals surface area contributed by atoms with Crippen molar-refractivity contribution in [2.75, 3.05) is 6.61 Å². The summed E-state index contributed by atoms with van der Waals surface area (Å²) in [5.41, 5.74) is 5.40. The summed E-state index contributed by atoms with van der Waals surface area (Å²) < 4.78 is 4.94. The Morgan fingerprint density at radius 2 is 2.45 bits per heavy atom. The van der Waals surface area contributed by atoms with E-state index in [9.17, 15) is 4.79 Å². The lowest BCUT2D eigenvalue weighted by atomic mass is 10.1. The molecule has 0 aliphatic rings. The first kappa shape index (κ1) is 10.1. The van der Waals surface area contributed by atoms with E-state index < -0.39 is 12.1 Å². The predicted octanol–water partition coefficient (Wildman–Crippen LogP) is 0.0365. The molecule has 2 unspecified atom stereocenters. The molecule has 0 bridgehead atoms. The third kappa shape index (κ3) is 4.48. The first-order valence-corrected chi connectivity index (χ1v) is 3.46. The smallest absolute Gasteiger partial charge is 0.137 e. The maximum atomic E-state index is 10.1. The summed E-state index contributed by atoms with van der Waals surface area (Å²) in [7, 11) is 0. The van der Waals surface area contributed by atoms with Crippen LogP contribution in [0.4, 0.5) is 0 Å². The minimum absolute atomic E-state index is 0.272. The summed E-state index contributed by atoms with van der Waals surface area (Å²) in [5, 5.41) is 8.35. The Morgan fingerprint density at radius 3 is 2.82 bits per heavy atom. The van der Waals surface area contributed by atoms with Gasteiger partial charge in [0.25, 0.3) is 0 Å². The van der Waals surface area contributed by atoms with Crippen molar-refractivity contribution in [2.24, 2.45) is 11.7 Å². The van der Waals surface area contributed by atoms with Crippen LogP contribution >= 0.6 is 0 Å². The Kier molecular flexibility index (Phi) is 5.35. The van der Waals surface area contributed by atoms with Gasteiger partial charge in [0.1, 0.15) is 18.4 Å². The van der Waals surface area contributed by atoms with Gasteiger partial charge < -0.3 is 15.3 Å². The van der Waals surface area contributed by atoms with Crippen molar-refractivity contribution >= 4 is 6.29 Å². The average molecular weight is 156 g/mol. The number of nitrogens with two attached hydrogens (primary N) is 1. The molecule has 0 aromatic heterocycles. The van der Waals surface area contributed by atoms with Crippen LogP contribution in [0.3, 0.4) is 0 Å². The highest BCUT2D eigenvalue weighted by molar-refractivity contribution is 5.57. The van der Waals surface area contributed by atoms with Gasteiger partial charge in [-0.15, -0.1) is 0 Å². The molecule has 4 nitrogen and oxygen atoms in total. The van der Waals surface area contributed by atoms with Crippen LogP contribution in [-0.4, -0.2) is 19.1 Å². The zero-order chi connectivity index (χ0) is 8.69. The third-order valence-electron chi connectivity index (χ3n) is 1.20. The van der Waals surface area contributed by atoms with Crippen LogP contribution in [-0.2, 0) is 9.53 Å². The SMILES string of the molecule is CCOC(N)CC(C#N)C=O. The minimum Gasteiger partial charge on any atom is -0.364 e. The highest BCUT2D eigenvalue weighted by atomic mass is 16.5. The van der Waals surface area contributed by atoms with Crippen molar-refractivity contribution < 1.29 is 9.53 Å². The van der Waals surface area contributed by atoms with E-state index in [2.05, 4.69) is 0 Å². The number of ether oxygens (including phenoxy) is 1. The fraction of sp³-hybridized carbons (Fsp3) is 0.714. The fourth-order valence-corrected chi connectivity index (χ4v) is 0.671. The van der Waals surface area contributed by atoms with Crippen LogP contribution in [0.1, 0.15) is 13.3 Å². The lowest BCUT2D eigenvalue weighted by molar-refractivity contribution is -0.110. The normalized spacial score (nSPS) is 15.0. The molecule has 2 N–H and O–H groups in total. The predicted molar refractivity (Wildman–Crippen MR) is 39.4 cm³/mol. The largest absolute Gasteiger partial charge is 0.364 e. The number of aldehydes is 1. The molecular weight excluding hydrogens is 144 g/mol. The second kappa shape index (κ2) is 5.83. The molecular formula is C7H12N2O2. The molecule has 0 radical (unpaired) electrons. The lowest BCUT2D eigenvalue weighted by Gasteiger charge is -2.10. The van der Waals surface area contributed by atoms with Gasteiger partial charge in [0.15, 0.2) is 0 Å². The topological polar surface area (TPSA) is 76.1 Å². The highest BCUT2D eigenvalue weighted by Gasteiger charge is 2.10. The molecule has 0 rings (SSSR count). The third-order valence-corrected chi connectivity index (χ3v) is 1.20. The van der Waals surface area contributed by atoms with Gasteiger partial charge in [-0.2, -0.15) is 5.26 Å². The van der Waals surface area contributed by atoms with Crippen molar-refractivity contribution in [1.82, 2.24) is 0 Å². The van der Waals surface area contributed by atoms with Crippen LogP contribution in [0, 0.1) is 17.2 Å². The molecule has 0 amide bonds. The molecule has 0 aromatic rings. The van der Waals surface area contributed by atoms with E-state index in [1.165, 1.54) is 0 Å². The van der Waals surface area contributed by atoms with Crippen molar-refractivity contribution in [3.8, 4) is 6.07 Å². The second-order valence-electron chi connectivity index (χ2n) is 2.10. The van der Waals surface area contributed by atoms with Gasteiger partial charge in [0.05, 0.1) is 6.07 Å². The number of hydrogen-bond acceptors (Lipinski definition) is 4. The van der Waals surface area contributed by atoms with Crippen LogP contribution in [0.2, 0.25) is 0 Å². The Morgan fingerprint density at radius 1 is 1.82 bits per heavy atom. The summed E-state index contributed by atoms with van der Waals surface area (Å²) in [5.74, 6) is -0.642. The number of hydrogen-bond donors (Lipinski definition) is 1. The molecule has 2 atom stereocenters. The Balaban J connectivity index is 3.64. The quantitative estimate of drug-likeness (QED) is 0.450. The van der Waals surface area contributed by atoms with E-state index >= 15 is 0 Å². The van der Waals surface area contributed by atoms with E-state index in [4.69, 9.17) is 15.7 Å². The van der Waals surface area contributed by atoms with Gasteiger partial charge in [-0.3, -0.25) is 0 Å². The summed E-state index contributed by atoms with van der Waals surface area (Å²) in [6.07, 6.45) is 0.349. The number of rotatable bonds is 5. The molecule has 0 aliphatic carbocycles. The molecule has 0 aliphatic heterocycles. The van der Waals surface area contributed by atoms with Crippen molar-refractivity contribution in [3.63, 3.8) is 0 Å². The van der Waals surface area contributed by atoms with E-state index in [1.807, 2.05) is 13.0 Å². The van der Waals surface area contributed by atoms with Crippen molar-refractivity contribution in [2.45, 2.75) is 19.6 Å². The van der Waals surface area contributed by atoms with Gasteiger partial charge in [0.2, 0.25) is 0 Å². The van der Waals surface area contributed by atoms with Crippen LogP contribution < -0.4 is 5.73 Å². The number of nitriles is 1. The molecule has 0 heterocycles. The molecule has 4 heteroatoms. The minimum atomic E-state index is -0.642. The van der Waals surface area contributed by atoms with E-state index in [-0.39, 0.29) is 6.42 Å². The van der Waals surface area contributed by atoms with E-state index in [1.54, 1.807) is 0 Å². The van der Waals surface area contributed by atoms with Crippen molar-refractivity contribution in [3.05, 3.63) is 0 Å². The molecule has 0 saturated heterocycles. The zero-order valence-electron chi connectivity index (χ0n) is 6.49. The number of carbonyl (C=O) groups excluding carboxylic acids is 1. The maximum Gasteiger partial charge on any atom is 0.137 e. The van der Waals surface area contributed by atoms with Gasteiger partial charge >= 0.3 is 0 Å². The lowest BCUT2D eigenvalue weighted by Crippen LogP contribution is -2.26. The number of nitrogens with zero attached hydrogens (tertiary/aromatic N) is 1. The van der Waals surface area contributed by atoms with Crippen LogP contribution in [0.15, 0.2) is 0 Å².